The number of fused-ring (bicyclic) bond motifs is 2. The van der Waals surface area contributed by atoms with E-state index < -0.39 is 0 Å². The first-order valence-corrected chi connectivity index (χ1v) is 12.6. The molecule has 0 saturated carbocycles. The Bertz CT molecular complexity index is 1500. The molecule has 0 spiro atoms. The molecule has 182 valence electrons. The van der Waals surface area contributed by atoms with E-state index in [4.69, 9.17) is 14.6 Å². The van der Waals surface area contributed by atoms with Gasteiger partial charge in [-0.2, -0.15) is 10.4 Å². The summed E-state index contributed by atoms with van der Waals surface area (Å²) in [5.74, 6) is 0.875. The highest BCUT2D eigenvalue weighted by atomic mass is 16.5. The number of carbonyl (C=O) groups excluding carboxylic acids is 1. The lowest BCUT2D eigenvalue weighted by atomic mass is 10.0. The predicted octanol–water partition coefficient (Wildman–Crippen LogP) is 5.47. The van der Waals surface area contributed by atoms with Crippen LogP contribution in [-0.2, 0) is 9.53 Å². The van der Waals surface area contributed by atoms with Crippen molar-refractivity contribution in [3.63, 3.8) is 0 Å². The van der Waals surface area contributed by atoms with Crippen molar-refractivity contribution < 1.29 is 14.3 Å². The van der Waals surface area contributed by atoms with Crippen LogP contribution in [0.5, 0.6) is 5.75 Å². The number of amides is 1. The molecular formula is C29H28N4O3. The van der Waals surface area contributed by atoms with Crippen LogP contribution < -0.4 is 10.1 Å². The molecule has 6 rings (SSSR count). The first kappa shape index (κ1) is 22.6. The molecule has 3 atom stereocenters. The molecule has 2 saturated heterocycles. The number of aromatic nitrogens is 2. The summed E-state index contributed by atoms with van der Waals surface area (Å²) in [5.41, 5.74) is 3.44. The quantitative estimate of drug-likeness (QED) is 0.409. The van der Waals surface area contributed by atoms with Crippen molar-refractivity contribution in [3.05, 3.63) is 60.2 Å². The molecule has 36 heavy (non-hydrogen) atoms. The van der Waals surface area contributed by atoms with Gasteiger partial charge in [-0.25, -0.2) is 4.68 Å². The number of rotatable bonds is 5. The summed E-state index contributed by atoms with van der Waals surface area (Å²) in [6.45, 7) is 2.74. The SMILES string of the molecule is CC(Oc1ccc2cc(-c3nn(C4CCCCO4)c4ccc(C#N)cc34)ccc2c1)C1CCC(=O)N1. The number of hydrogen-bond acceptors (Lipinski definition) is 5. The second-order valence-corrected chi connectivity index (χ2v) is 9.72. The highest BCUT2D eigenvalue weighted by molar-refractivity contribution is 5.97. The van der Waals surface area contributed by atoms with Gasteiger partial charge in [0.05, 0.1) is 23.2 Å². The molecule has 3 heterocycles. The summed E-state index contributed by atoms with van der Waals surface area (Å²) in [6.07, 6.45) is 4.30. The van der Waals surface area contributed by atoms with E-state index in [1.54, 1.807) is 0 Å². The molecule has 1 aromatic heterocycles. The van der Waals surface area contributed by atoms with Crippen molar-refractivity contribution in [2.24, 2.45) is 0 Å². The highest BCUT2D eigenvalue weighted by Gasteiger charge is 2.27. The van der Waals surface area contributed by atoms with Crippen molar-refractivity contribution in [1.29, 1.82) is 5.26 Å². The fourth-order valence-electron chi connectivity index (χ4n) is 5.29. The van der Waals surface area contributed by atoms with Gasteiger partial charge in [-0.15, -0.1) is 0 Å². The smallest absolute Gasteiger partial charge is 0.220 e. The summed E-state index contributed by atoms with van der Waals surface area (Å²) in [5, 5.41) is 20.6. The highest BCUT2D eigenvalue weighted by Crippen LogP contribution is 2.35. The number of hydrogen-bond donors (Lipinski definition) is 1. The average Bonchev–Trinajstić information content (AvgIpc) is 3.52. The van der Waals surface area contributed by atoms with Crippen molar-refractivity contribution in [3.8, 4) is 23.1 Å². The Hall–Kier alpha value is -3.89. The van der Waals surface area contributed by atoms with E-state index in [-0.39, 0.29) is 24.3 Å². The van der Waals surface area contributed by atoms with Crippen LogP contribution in [0.3, 0.4) is 0 Å². The summed E-state index contributed by atoms with van der Waals surface area (Å²) in [6, 6.07) is 20.4. The summed E-state index contributed by atoms with van der Waals surface area (Å²) in [4.78, 5) is 11.5. The second-order valence-electron chi connectivity index (χ2n) is 9.72. The fraction of sp³-hybridized carbons (Fsp3) is 0.345. The Morgan fingerprint density at radius 3 is 2.75 bits per heavy atom. The Morgan fingerprint density at radius 2 is 1.97 bits per heavy atom. The van der Waals surface area contributed by atoms with Gasteiger partial charge < -0.3 is 14.8 Å². The lowest BCUT2D eigenvalue weighted by molar-refractivity contribution is -0.119. The second kappa shape index (κ2) is 9.29. The van der Waals surface area contributed by atoms with Gasteiger partial charge in [-0.3, -0.25) is 4.79 Å². The van der Waals surface area contributed by atoms with Crippen LogP contribution in [0.1, 0.15) is 50.8 Å². The van der Waals surface area contributed by atoms with E-state index in [1.807, 2.05) is 41.9 Å². The molecule has 1 N–H and O–H groups in total. The molecule has 1 amide bonds. The number of nitrogens with one attached hydrogen (secondary N) is 1. The zero-order chi connectivity index (χ0) is 24.6. The number of nitrogens with zero attached hydrogens (tertiary/aromatic N) is 3. The molecular weight excluding hydrogens is 452 g/mol. The van der Waals surface area contributed by atoms with E-state index >= 15 is 0 Å². The Morgan fingerprint density at radius 1 is 1.11 bits per heavy atom. The van der Waals surface area contributed by atoms with Gasteiger partial charge in [-0.05, 0) is 79.8 Å². The Kier molecular flexibility index (Phi) is 5.82. The van der Waals surface area contributed by atoms with Crippen molar-refractivity contribution in [1.82, 2.24) is 15.1 Å². The predicted molar refractivity (Wildman–Crippen MR) is 137 cm³/mol. The van der Waals surface area contributed by atoms with Crippen LogP contribution in [0.25, 0.3) is 32.9 Å². The van der Waals surface area contributed by atoms with Crippen LogP contribution in [0.2, 0.25) is 0 Å². The van der Waals surface area contributed by atoms with E-state index in [9.17, 15) is 10.1 Å². The fourth-order valence-corrected chi connectivity index (χ4v) is 5.29. The minimum atomic E-state index is -0.0974. The van der Waals surface area contributed by atoms with Crippen molar-refractivity contribution in [2.75, 3.05) is 6.61 Å². The average molecular weight is 481 g/mol. The summed E-state index contributed by atoms with van der Waals surface area (Å²) >= 11 is 0. The molecule has 4 aromatic rings. The zero-order valence-corrected chi connectivity index (χ0v) is 20.2. The van der Waals surface area contributed by atoms with Gasteiger partial charge in [0, 0.05) is 24.0 Å². The maximum Gasteiger partial charge on any atom is 0.220 e. The molecule has 0 aliphatic carbocycles. The molecule has 3 unspecified atom stereocenters. The standard InChI is InChI=1S/C29H28N4O3/c1-18(25-10-12-27(34)31-25)36-23-9-8-20-15-22(7-6-21(20)16-23)29-24-14-19(17-30)5-11-26(24)33(32-29)28-4-2-3-13-35-28/h5-9,11,14-16,18,25,28H,2-4,10,12-13H2,1H3,(H,31,34). The van der Waals surface area contributed by atoms with Crippen molar-refractivity contribution >= 4 is 27.6 Å². The number of carbonyl (C=O) groups is 1. The Labute approximate surface area is 209 Å². The van der Waals surface area contributed by atoms with Crippen LogP contribution >= 0.6 is 0 Å². The molecule has 7 nitrogen and oxygen atoms in total. The van der Waals surface area contributed by atoms with Gasteiger partial charge in [0.1, 0.15) is 17.5 Å². The minimum Gasteiger partial charge on any atom is -0.489 e. The first-order valence-electron chi connectivity index (χ1n) is 12.6. The lowest BCUT2D eigenvalue weighted by Crippen LogP contribution is -2.38. The van der Waals surface area contributed by atoms with Gasteiger partial charge in [-0.1, -0.05) is 18.2 Å². The first-order chi connectivity index (χ1) is 17.6. The number of ether oxygens (including phenoxy) is 2. The van der Waals surface area contributed by atoms with Crippen LogP contribution in [0.4, 0.5) is 0 Å². The lowest BCUT2D eigenvalue weighted by Gasteiger charge is -2.23. The van der Waals surface area contributed by atoms with E-state index in [2.05, 4.69) is 35.7 Å². The molecule has 0 bridgehead atoms. The monoisotopic (exact) mass is 480 g/mol. The zero-order valence-electron chi connectivity index (χ0n) is 20.2. The maximum absolute atomic E-state index is 11.5. The van der Waals surface area contributed by atoms with Crippen LogP contribution in [0, 0.1) is 11.3 Å². The largest absolute Gasteiger partial charge is 0.489 e. The molecule has 7 heteroatoms. The third-order valence-corrected chi connectivity index (χ3v) is 7.27. The van der Waals surface area contributed by atoms with Gasteiger partial charge in [0.15, 0.2) is 6.23 Å². The normalized spacial score (nSPS) is 20.8. The van der Waals surface area contributed by atoms with Gasteiger partial charge >= 0.3 is 0 Å². The summed E-state index contributed by atoms with van der Waals surface area (Å²) < 4.78 is 14.2. The summed E-state index contributed by atoms with van der Waals surface area (Å²) in [7, 11) is 0. The molecule has 2 aliphatic rings. The topological polar surface area (TPSA) is 89.2 Å². The van der Waals surface area contributed by atoms with Gasteiger partial charge in [0.2, 0.25) is 5.91 Å². The van der Waals surface area contributed by atoms with Crippen LogP contribution in [0.15, 0.2) is 54.6 Å². The van der Waals surface area contributed by atoms with E-state index in [1.165, 1.54) is 0 Å². The minimum absolute atomic E-state index is 0.0467. The number of nitriles is 1. The van der Waals surface area contributed by atoms with Crippen molar-refractivity contribution in [2.45, 2.75) is 57.4 Å². The number of benzene rings is 3. The molecule has 0 radical (unpaired) electrons. The third kappa shape index (κ3) is 4.18. The van der Waals surface area contributed by atoms with Crippen LogP contribution in [-0.4, -0.2) is 34.4 Å². The maximum atomic E-state index is 11.5. The third-order valence-electron chi connectivity index (χ3n) is 7.27. The molecule has 2 fully saturated rings. The Balaban J connectivity index is 1.34. The van der Waals surface area contributed by atoms with Gasteiger partial charge in [0.25, 0.3) is 0 Å². The molecule has 2 aliphatic heterocycles. The molecule has 3 aromatic carbocycles. The van der Waals surface area contributed by atoms with E-state index in [0.717, 1.165) is 71.0 Å². The van der Waals surface area contributed by atoms with E-state index in [0.29, 0.717) is 12.0 Å².